The smallest absolute Gasteiger partial charge is 0.122 e. The average molecular weight is 264 g/mol. The lowest BCUT2D eigenvalue weighted by atomic mass is 10.1. The van der Waals surface area contributed by atoms with Crippen molar-refractivity contribution in [1.29, 1.82) is 0 Å². The van der Waals surface area contributed by atoms with Gasteiger partial charge in [0.1, 0.15) is 5.75 Å². The number of hydrogen-bond acceptors (Lipinski definition) is 3. The SMILES string of the molecule is CNCCCCN(C)CCc1cc(C)ccc1OC. The molecule has 108 valence electrons. The maximum Gasteiger partial charge on any atom is 0.122 e. The fourth-order valence-corrected chi connectivity index (χ4v) is 2.21. The number of likely N-dealkylation sites (N-methyl/N-ethyl adjacent to an activating group) is 1. The fraction of sp³-hybridized carbons (Fsp3) is 0.625. The summed E-state index contributed by atoms with van der Waals surface area (Å²) in [4.78, 5) is 2.40. The first-order valence-corrected chi connectivity index (χ1v) is 7.14. The van der Waals surface area contributed by atoms with Crippen molar-refractivity contribution in [3.8, 4) is 5.75 Å². The molecular weight excluding hydrogens is 236 g/mol. The van der Waals surface area contributed by atoms with Crippen molar-refractivity contribution in [2.75, 3.05) is 40.8 Å². The van der Waals surface area contributed by atoms with E-state index >= 15 is 0 Å². The molecule has 0 unspecified atom stereocenters. The molecule has 0 aliphatic heterocycles. The Morgan fingerprint density at radius 2 is 2.00 bits per heavy atom. The summed E-state index contributed by atoms with van der Waals surface area (Å²) >= 11 is 0. The van der Waals surface area contributed by atoms with Crippen molar-refractivity contribution in [2.24, 2.45) is 0 Å². The van der Waals surface area contributed by atoms with Gasteiger partial charge in [0.05, 0.1) is 7.11 Å². The van der Waals surface area contributed by atoms with Crippen LogP contribution in [-0.2, 0) is 6.42 Å². The van der Waals surface area contributed by atoms with Crippen molar-refractivity contribution >= 4 is 0 Å². The van der Waals surface area contributed by atoms with Crippen LogP contribution < -0.4 is 10.1 Å². The van der Waals surface area contributed by atoms with Crippen molar-refractivity contribution in [1.82, 2.24) is 10.2 Å². The number of methoxy groups -OCH3 is 1. The number of nitrogens with zero attached hydrogens (tertiary/aromatic N) is 1. The third-order valence-corrected chi connectivity index (χ3v) is 3.42. The van der Waals surface area contributed by atoms with Gasteiger partial charge in [-0.05, 0) is 65.0 Å². The predicted molar refractivity (Wildman–Crippen MR) is 82.1 cm³/mol. The number of ether oxygens (including phenoxy) is 1. The molecule has 0 aliphatic carbocycles. The minimum atomic E-state index is 1.01. The first-order chi connectivity index (χ1) is 9.17. The van der Waals surface area contributed by atoms with E-state index in [1.165, 1.54) is 24.0 Å². The van der Waals surface area contributed by atoms with Gasteiger partial charge in [0, 0.05) is 6.54 Å². The summed E-state index contributed by atoms with van der Waals surface area (Å²) in [5, 5.41) is 3.19. The molecule has 1 aromatic rings. The number of aryl methyl sites for hydroxylation is 1. The molecule has 0 aromatic heterocycles. The van der Waals surface area contributed by atoms with E-state index in [2.05, 4.69) is 42.4 Å². The molecule has 1 rings (SSSR count). The first-order valence-electron chi connectivity index (χ1n) is 7.14. The molecule has 0 fully saturated rings. The molecular formula is C16H28N2O. The molecule has 3 heteroatoms. The van der Waals surface area contributed by atoms with E-state index in [4.69, 9.17) is 4.74 Å². The molecule has 0 aliphatic rings. The summed E-state index contributed by atoms with van der Waals surface area (Å²) < 4.78 is 5.42. The van der Waals surface area contributed by atoms with Crippen LogP contribution in [0.1, 0.15) is 24.0 Å². The second-order valence-electron chi connectivity index (χ2n) is 5.18. The third-order valence-electron chi connectivity index (χ3n) is 3.42. The fourth-order valence-electron chi connectivity index (χ4n) is 2.21. The summed E-state index contributed by atoms with van der Waals surface area (Å²) in [7, 11) is 5.95. The number of unbranched alkanes of at least 4 members (excludes halogenated alkanes) is 1. The molecule has 19 heavy (non-hydrogen) atoms. The molecule has 0 heterocycles. The van der Waals surface area contributed by atoms with Crippen LogP contribution in [0.5, 0.6) is 5.75 Å². The molecule has 1 N–H and O–H groups in total. The van der Waals surface area contributed by atoms with Gasteiger partial charge in [0.15, 0.2) is 0 Å². The zero-order chi connectivity index (χ0) is 14.1. The number of nitrogens with one attached hydrogen (secondary N) is 1. The monoisotopic (exact) mass is 264 g/mol. The van der Waals surface area contributed by atoms with Crippen LogP contribution in [0.2, 0.25) is 0 Å². The maximum atomic E-state index is 5.42. The van der Waals surface area contributed by atoms with E-state index in [9.17, 15) is 0 Å². The molecule has 0 bridgehead atoms. The Labute approximate surface area is 118 Å². The van der Waals surface area contributed by atoms with Gasteiger partial charge in [-0.25, -0.2) is 0 Å². The second-order valence-corrected chi connectivity index (χ2v) is 5.18. The first kappa shape index (κ1) is 16.0. The summed E-state index contributed by atoms with van der Waals surface area (Å²) in [6.07, 6.45) is 3.55. The second kappa shape index (κ2) is 8.94. The van der Waals surface area contributed by atoms with Gasteiger partial charge >= 0.3 is 0 Å². The van der Waals surface area contributed by atoms with Crippen LogP contribution in [0, 0.1) is 6.92 Å². The van der Waals surface area contributed by atoms with Crippen LogP contribution in [-0.4, -0.2) is 45.7 Å². The van der Waals surface area contributed by atoms with Gasteiger partial charge in [-0.15, -0.1) is 0 Å². The lowest BCUT2D eigenvalue weighted by molar-refractivity contribution is 0.326. The Kier molecular flexibility index (Phi) is 7.53. The number of benzene rings is 1. The Balaban J connectivity index is 2.36. The highest BCUT2D eigenvalue weighted by atomic mass is 16.5. The van der Waals surface area contributed by atoms with Crippen LogP contribution in [0.3, 0.4) is 0 Å². The lowest BCUT2D eigenvalue weighted by Gasteiger charge is -2.17. The molecule has 1 aromatic carbocycles. The Bertz CT molecular complexity index is 366. The Morgan fingerprint density at radius 1 is 1.21 bits per heavy atom. The highest BCUT2D eigenvalue weighted by Crippen LogP contribution is 2.20. The van der Waals surface area contributed by atoms with Crippen molar-refractivity contribution in [3.05, 3.63) is 29.3 Å². The largest absolute Gasteiger partial charge is 0.496 e. The van der Waals surface area contributed by atoms with Crippen LogP contribution in [0.25, 0.3) is 0 Å². The van der Waals surface area contributed by atoms with Gasteiger partial charge in [-0.1, -0.05) is 17.7 Å². The molecule has 0 spiro atoms. The van der Waals surface area contributed by atoms with Crippen molar-refractivity contribution in [2.45, 2.75) is 26.2 Å². The summed E-state index contributed by atoms with van der Waals surface area (Å²) in [5.41, 5.74) is 2.61. The normalized spacial score (nSPS) is 11.0. The van der Waals surface area contributed by atoms with Gasteiger partial charge in [0.2, 0.25) is 0 Å². The van der Waals surface area contributed by atoms with E-state index in [1.54, 1.807) is 7.11 Å². The van der Waals surface area contributed by atoms with Crippen molar-refractivity contribution in [3.63, 3.8) is 0 Å². The molecule has 0 atom stereocenters. The standard InChI is InChI=1S/C16H28N2O/c1-14-7-8-16(19-4)15(13-14)9-12-18(3)11-6-5-10-17-2/h7-8,13,17H,5-6,9-12H2,1-4H3. The van der Waals surface area contributed by atoms with E-state index in [-0.39, 0.29) is 0 Å². The summed E-state index contributed by atoms with van der Waals surface area (Å²) in [5.74, 6) is 1.01. The minimum Gasteiger partial charge on any atom is -0.496 e. The number of hydrogen-bond donors (Lipinski definition) is 1. The number of rotatable bonds is 9. The van der Waals surface area contributed by atoms with Gasteiger partial charge < -0.3 is 15.0 Å². The van der Waals surface area contributed by atoms with Crippen LogP contribution >= 0.6 is 0 Å². The summed E-state index contributed by atoms with van der Waals surface area (Å²) in [6, 6.07) is 6.40. The molecule has 3 nitrogen and oxygen atoms in total. The van der Waals surface area contributed by atoms with Gasteiger partial charge in [-0.2, -0.15) is 0 Å². The van der Waals surface area contributed by atoms with Crippen LogP contribution in [0.4, 0.5) is 0 Å². The quantitative estimate of drug-likeness (QED) is 0.694. The molecule has 0 radical (unpaired) electrons. The minimum absolute atomic E-state index is 1.01. The maximum absolute atomic E-state index is 5.42. The average Bonchev–Trinajstić information content (AvgIpc) is 2.41. The van der Waals surface area contributed by atoms with E-state index in [0.717, 1.165) is 31.8 Å². The van der Waals surface area contributed by atoms with Gasteiger partial charge in [-0.3, -0.25) is 0 Å². The predicted octanol–water partition coefficient (Wildman–Crippen LogP) is 2.48. The zero-order valence-corrected chi connectivity index (χ0v) is 12.8. The third kappa shape index (κ3) is 6.08. The lowest BCUT2D eigenvalue weighted by Crippen LogP contribution is -2.23. The van der Waals surface area contributed by atoms with Crippen LogP contribution in [0.15, 0.2) is 18.2 Å². The Morgan fingerprint density at radius 3 is 2.68 bits per heavy atom. The van der Waals surface area contributed by atoms with Crippen molar-refractivity contribution < 1.29 is 4.74 Å². The van der Waals surface area contributed by atoms with E-state index in [0.29, 0.717) is 0 Å². The molecule has 0 saturated carbocycles. The van der Waals surface area contributed by atoms with Gasteiger partial charge in [0.25, 0.3) is 0 Å². The zero-order valence-electron chi connectivity index (χ0n) is 12.8. The molecule has 0 amide bonds. The van der Waals surface area contributed by atoms with E-state index < -0.39 is 0 Å². The topological polar surface area (TPSA) is 24.5 Å². The highest BCUT2D eigenvalue weighted by molar-refractivity contribution is 5.37. The Hall–Kier alpha value is -1.06. The van der Waals surface area contributed by atoms with E-state index in [1.807, 2.05) is 7.05 Å². The summed E-state index contributed by atoms with van der Waals surface area (Å²) in [6.45, 7) is 5.49. The molecule has 0 saturated heterocycles. The highest BCUT2D eigenvalue weighted by Gasteiger charge is 2.05.